The number of nitrogens with two attached hydrogens (primary N) is 1. The Morgan fingerprint density at radius 3 is 2.03 bits per heavy atom. The summed E-state index contributed by atoms with van der Waals surface area (Å²) in [6, 6.07) is 26.8. The van der Waals surface area contributed by atoms with Crippen LogP contribution in [0, 0.1) is 11.3 Å². The third kappa shape index (κ3) is 3.59. The Labute approximate surface area is 180 Å². The zero-order chi connectivity index (χ0) is 21.1. The van der Waals surface area contributed by atoms with E-state index in [1.165, 1.54) is 0 Å². The lowest BCUT2D eigenvalue weighted by Gasteiger charge is -2.18. The lowest BCUT2D eigenvalue weighted by atomic mass is 9.91. The van der Waals surface area contributed by atoms with Crippen LogP contribution in [-0.2, 0) is 0 Å². The maximum atomic E-state index is 9.86. The van der Waals surface area contributed by atoms with Crippen molar-refractivity contribution < 1.29 is 4.74 Å². The van der Waals surface area contributed by atoms with Crippen LogP contribution in [0.4, 0.5) is 5.69 Å². The van der Waals surface area contributed by atoms with Crippen LogP contribution < -0.4 is 10.5 Å². The Kier molecular flexibility index (Phi) is 5.38. The van der Waals surface area contributed by atoms with Gasteiger partial charge in [0.05, 0.1) is 18.5 Å². The molecule has 5 heteroatoms. The van der Waals surface area contributed by atoms with Gasteiger partial charge < -0.3 is 10.5 Å². The van der Waals surface area contributed by atoms with Crippen molar-refractivity contribution in [3.63, 3.8) is 0 Å². The Morgan fingerprint density at radius 2 is 1.43 bits per heavy atom. The van der Waals surface area contributed by atoms with Crippen molar-refractivity contribution in [3.8, 4) is 45.3 Å². The second kappa shape index (κ2) is 8.28. The van der Waals surface area contributed by atoms with E-state index in [4.69, 9.17) is 27.1 Å². The smallest absolute Gasteiger partial charge is 0.151 e. The van der Waals surface area contributed by atoms with Gasteiger partial charge in [-0.15, -0.1) is 0 Å². The van der Waals surface area contributed by atoms with E-state index >= 15 is 0 Å². The van der Waals surface area contributed by atoms with Crippen LogP contribution in [0.2, 0.25) is 5.02 Å². The third-order valence-electron chi connectivity index (χ3n) is 4.90. The molecular weight excluding hydrogens is 394 g/mol. The van der Waals surface area contributed by atoms with E-state index in [0.29, 0.717) is 22.0 Å². The molecule has 0 radical (unpaired) electrons. The molecule has 0 amide bonds. The van der Waals surface area contributed by atoms with Crippen molar-refractivity contribution in [2.24, 2.45) is 0 Å². The minimum absolute atomic E-state index is 0.272. The Balaban J connectivity index is 2.04. The van der Waals surface area contributed by atoms with Crippen molar-refractivity contribution in [1.29, 1.82) is 5.26 Å². The predicted molar refractivity (Wildman–Crippen MR) is 121 cm³/mol. The van der Waals surface area contributed by atoms with E-state index in [1.807, 2.05) is 78.9 Å². The lowest BCUT2D eigenvalue weighted by molar-refractivity contribution is 0.415. The van der Waals surface area contributed by atoms with Crippen LogP contribution in [0.1, 0.15) is 5.69 Å². The highest BCUT2D eigenvalue weighted by atomic mass is 35.5. The summed E-state index contributed by atoms with van der Waals surface area (Å²) < 4.78 is 5.25. The number of aromatic nitrogens is 1. The van der Waals surface area contributed by atoms with Gasteiger partial charge in [-0.25, -0.2) is 4.98 Å². The zero-order valence-corrected chi connectivity index (χ0v) is 17.0. The highest BCUT2D eigenvalue weighted by Crippen LogP contribution is 2.42. The molecule has 0 spiro atoms. The summed E-state index contributed by atoms with van der Waals surface area (Å²) in [6.07, 6.45) is 0. The van der Waals surface area contributed by atoms with Gasteiger partial charge in [-0.1, -0.05) is 66.2 Å². The number of hydrogen-bond donors (Lipinski definition) is 1. The maximum absolute atomic E-state index is 9.86. The third-order valence-corrected chi connectivity index (χ3v) is 5.15. The first kappa shape index (κ1) is 19.5. The van der Waals surface area contributed by atoms with Crippen molar-refractivity contribution in [1.82, 2.24) is 4.98 Å². The van der Waals surface area contributed by atoms with E-state index in [1.54, 1.807) is 7.11 Å². The van der Waals surface area contributed by atoms with E-state index in [-0.39, 0.29) is 5.69 Å². The van der Waals surface area contributed by atoms with Gasteiger partial charge in [0.2, 0.25) is 0 Å². The Hall–Kier alpha value is -3.81. The summed E-state index contributed by atoms with van der Waals surface area (Å²) in [6.45, 7) is 0. The molecule has 0 fully saturated rings. The predicted octanol–water partition coefficient (Wildman–Crippen LogP) is 6.20. The van der Waals surface area contributed by atoms with Crippen LogP contribution >= 0.6 is 11.6 Å². The first-order chi connectivity index (χ1) is 14.6. The fraction of sp³-hybridized carbons (Fsp3) is 0.0400. The molecule has 30 heavy (non-hydrogen) atoms. The number of methoxy groups -OCH3 is 1. The SMILES string of the molecule is COc1ccc(-c2c(C#N)nc(-c3ccccc3)c(-c3ccc(Cl)cc3)c2N)cc1. The molecule has 0 bridgehead atoms. The quantitative estimate of drug-likeness (QED) is 0.434. The van der Waals surface area contributed by atoms with Crippen molar-refractivity contribution in [2.75, 3.05) is 12.8 Å². The molecule has 0 saturated carbocycles. The molecule has 1 heterocycles. The number of hydrogen-bond acceptors (Lipinski definition) is 4. The van der Waals surface area contributed by atoms with E-state index in [2.05, 4.69) is 6.07 Å². The molecule has 2 N–H and O–H groups in total. The summed E-state index contributed by atoms with van der Waals surface area (Å²) in [7, 11) is 1.61. The largest absolute Gasteiger partial charge is 0.497 e. The normalized spacial score (nSPS) is 10.4. The zero-order valence-electron chi connectivity index (χ0n) is 16.3. The van der Waals surface area contributed by atoms with Crippen LogP contribution in [0.15, 0.2) is 78.9 Å². The molecule has 0 saturated heterocycles. The van der Waals surface area contributed by atoms with Gasteiger partial charge in [0.15, 0.2) is 5.69 Å². The van der Waals surface area contributed by atoms with Gasteiger partial charge in [0.25, 0.3) is 0 Å². The highest BCUT2D eigenvalue weighted by Gasteiger charge is 2.21. The molecule has 4 aromatic rings. The number of nitrogens with zero attached hydrogens (tertiary/aromatic N) is 2. The second-order valence-corrected chi connectivity index (χ2v) is 7.12. The maximum Gasteiger partial charge on any atom is 0.151 e. The number of pyridine rings is 1. The monoisotopic (exact) mass is 411 g/mol. The molecule has 4 nitrogen and oxygen atoms in total. The van der Waals surface area contributed by atoms with Crippen LogP contribution in [-0.4, -0.2) is 12.1 Å². The molecule has 4 rings (SSSR count). The Bertz CT molecular complexity index is 1230. The van der Waals surface area contributed by atoms with Gasteiger partial charge in [-0.2, -0.15) is 5.26 Å². The second-order valence-electron chi connectivity index (χ2n) is 6.69. The van der Waals surface area contributed by atoms with Crippen LogP contribution in [0.5, 0.6) is 5.75 Å². The lowest BCUT2D eigenvalue weighted by Crippen LogP contribution is -2.03. The average molecular weight is 412 g/mol. The van der Waals surface area contributed by atoms with Crippen LogP contribution in [0.25, 0.3) is 33.5 Å². The van der Waals surface area contributed by atoms with E-state index in [9.17, 15) is 5.26 Å². The number of nitriles is 1. The van der Waals surface area contributed by atoms with E-state index < -0.39 is 0 Å². The fourth-order valence-electron chi connectivity index (χ4n) is 3.45. The van der Waals surface area contributed by atoms with Crippen molar-refractivity contribution in [3.05, 3.63) is 89.6 Å². The molecular formula is C25H18ClN3O. The number of rotatable bonds is 4. The number of nitrogen functional groups attached to an aromatic ring is 1. The van der Waals surface area contributed by atoms with Gasteiger partial charge >= 0.3 is 0 Å². The highest BCUT2D eigenvalue weighted by molar-refractivity contribution is 6.30. The summed E-state index contributed by atoms with van der Waals surface area (Å²) in [4.78, 5) is 4.73. The fourth-order valence-corrected chi connectivity index (χ4v) is 3.57. The molecule has 3 aromatic carbocycles. The summed E-state index contributed by atoms with van der Waals surface area (Å²) in [5.41, 5.74) is 12.1. The van der Waals surface area contributed by atoms with Gasteiger partial charge in [-0.05, 0) is 35.4 Å². The van der Waals surface area contributed by atoms with Crippen molar-refractivity contribution >= 4 is 17.3 Å². The van der Waals surface area contributed by atoms with Gasteiger partial charge in [0, 0.05) is 21.7 Å². The molecule has 0 aliphatic heterocycles. The first-order valence-corrected chi connectivity index (χ1v) is 9.69. The molecule has 146 valence electrons. The van der Waals surface area contributed by atoms with Crippen LogP contribution in [0.3, 0.4) is 0 Å². The minimum Gasteiger partial charge on any atom is -0.497 e. The summed E-state index contributed by atoms with van der Waals surface area (Å²) in [5, 5.41) is 10.5. The number of halogens is 1. The van der Waals surface area contributed by atoms with E-state index in [0.717, 1.165) is 28.0 Å². The molecule has 1 aromatic heterocycles. The summed E-state index contributed by atoms with van der Waals surface area (Å²) in [5.74, 6) is 0.725. The first-order valence-electron chi connectivity index (χ1n) is 9.31. The number of ether oxygens (including phenoxy) is 1. The average Bonchev–Trinajstić information content (AvgIpc) is 2.80. The van der Waals surface area contributed by atoms with Gasteiger partial charge in [-0.3, -0.25) is 0 Å². The molecule has 0 unspecified atom stereocenters. The molecule has 0 atom stereocenters. The molecule has 0 aliphatic carbocycles. The summed E-state index contributed by atoms with van der Waals surface area (Å²) >= 11 is 6.10. The number of benzene rings is 3. The Morgan fingerprint density at radius 1 is 0.833 bits per heavy atom. The van der Waals surface area contributed by atoms with Gasteiger partial charge in [0.1, 0.15) is 11.8 Å². The number of anilines is 1. The standard InChI is InChI=1S/C25H18ClN3O/c1-30-20-13-9-16(10-14-20)22-21(15-27)29-25(18-5-3-2-4-6-18)23(24(22)28)17-7-11-19(26)12-8-17/h2-14H,1H3,(H2,28,29). The van der Waals surface area contributed by atoms with Crippen molar-refractivity contribution in [2.45, 2.75) is 0 Å². The molecule has 0 aliphatic rings. The topological polar surface area (TPSA) is 71.9 Å². The minimum atomic E-state index is 0.272.